The van der Waals surface area contributed by atoms with Crippen molar-refractivity contribution in [2.45, 2.75) is 45.3 Å². The molecule has 2 aliphatic heterocycles. The van der Waals surface area contributed by atoms with E-state index >= 15 is 0 Å². The van der Waals surface area contributed by atoms with Gasteiger partial charge in [-0.3, -0.25) is 9.59 Å². The van der Waals surface area contributed by atoms with E-state index in [4.69, 9.17) is 4.52 Å². The zero-order chi connectivity index (χ0) is 13.6. The molecule has 1 aromatic rings. The first-order chi connectivity index (χ1) is 9.08. The quantitative estimate of drug-likeness (QED) is 0.757. The molecule has 3 heterocycles. The van der Waals surface area contributed by atoms with Crippen molar-refractivity contribution in [1.29, 1.82) is 0 Å². The molecule has 19 heavy (non-hydrogen) atoms. The van der Waals surface area contributed by atoms with Crippen molar-refractivity contribution in [3.05, 3.63) is 11.7 Å². The van der Waals surface area contributed by atoms with Gasteiger partial charge in [-0.25, -0.2) is 0 Å². The third-order valence-corrected chi connectivity index (χ3v) is 3.81. The van der Waals surface area contributed by atoms with Gasteiger partial charge in [0.1, 0.15) is 12.1 Å². The minimum atomic E-state index is -0.458. The number of nitrogens with zero attached hydrogens (tertiary/aromatic N) is 4. The van der Waals surface area contributed by atoms with Gasteiger partial charge in [-0.2, -0.15) is 4.98 Å². The monoisotopic (exact) mass is 264 g/mol. The summed E-state index contributed by atoms with van der Waals surface area (Å²) < 4.78 is 4.90. The number of aryl methyl sites for hydroxylation is 1. The van der Waals surface area contributed by atoms with Gasteiger partial charge in [0.25, 0.3) is 0 Å². The Bertz CT molecular complexity index is 527. The summed E-state index contributed by atoms with van der Waals surface area (Å²) in [6.07, 6.45) is 1.64. The van der Waals surface area contributed by atoms with Crippen LogP contribution >= 0.6 is 0 Å². The number of hydrogen-bond donors (Lipinski definition) is 0. The molecular weight excluding hydrogens is 248 g/mol. The van der Waals surface area contributed by atoms with E-state index in [1.54, 1.807) is 23.6 Å². The van der Waals surface area contributed by atoms with Crippen molar-refractivity contribution < 1.29 is 14.1 Å². The number of carbonyl (C=O) groups excluding carboxylic acids is 2. The van der Waals surface area contributed by atoms with E-state index in [0.29, 0.717) is 18.3 Å². The molecule has 0 aromatic carbocycles. The summed E-state index contributed by atoms with van der Waals surface area (Å²) in [5, 5.41) is 3.78. The number of hydrogen-bond acceptors (Lipinski definition) is 5. The highest BCUT2D eigenvalue weighted by molar-refractivity contribution is 5.97. The van der Waals surface area contributed by atoms with Crippen molar-refractivity contribution in [3.8, 4) is 0 Å². The van der Waals surface area contributed by atoms with Crippen LogP contribution in [0, 0.1) is 6.92 Å². The van der Waals surface area contributed by atoms with Crippen LogP contribution in [0.15, 0.2) is 4.52 Å². The Morgan fingerprint density at radius 1 is 1.37 bits per heavy atom. The van der Waals surface area contributed by atoms with Crippen LogP contribution in [-0.2, 0) is 16.1 Å². The predicted octanol–water partition coefficient (Wildman–Crippen LogP) is 0.0997. The summed E-state index contributed by atoms with van der Waals surface area (Å²) in [6.45, 7) is 4.37. The normalized spacial score (nSPS) is 27.1. The molecule has 0 N–H and O–H groups in total. The molecule has 7 nitrogen and oxygen atoms in total. The molecule has 0 aliphatic carbocycles. The minimum absolute atomic E-state index is 0.00736. The number of carbonyl (C=O) groups is 2. The molecular formula is C12H16N4O3. The van der Waals surface area contributed by atoms with Gasteiger partial charge in [-0.05, 0) is 19.8 Å². The van der Waals surface area contributed by atoms with E-state index in [2.05, 4.69) is 10.1 Å². The maximum absolute atomic E-state index is 12.4. The van der Waals surface area contributed by atoms with Crippen molar-refractivity contribution in [3.63, 3.8) is 0 Å². The van der Waals surface area contributed by atoms with Crippen LogP contribution in [0.25, 0.3) is 0 Å². The number of amides is 2. The van der Waals surface area contributed by atoms with E-state index < -0.39 is 6.04 Å². The first kappa shape index (κ1) is 12.1. The molecule has 102 valence electrons. The average molecular weight is 264 g/mol. The molecule has 2 unspecified atom stereocenters. The van der Waals surface area contributed by atoms with Gasteiger partial charge < -0.3 is 14.3 Å². The largest absolute Gasteiger partial charge is 0.340 e. The SMILES string of the molecule is Cc1nc(CN2C(=O)C3CCCN3C(=O)C2C)no1. The fourth-order valence-corrected chi connectivity index (χ4v) is 2.82. The first-order valence-corrected chi connectivity index (χ1v) is 6.48. The number of fused-ring (bicyclic) bond motifs is 1. The summed E-state index contributed by atoms with van der Waals surface area (Å²) in [4.78, 5) is 32.0. The Hall–Kier alpha value is -1.92. The van der Waals surface area contributed by atoms with Gasteiger partial charge in [-0.1, -0.05) is 5.16 Å². The smallest absolute Gasteiger partial charge is 0.246 e. The van der Waals surface area contributed by atoms with Crippen molar-refractivity contribution in [2.24, 2.45) is 0 Å². The van der Waals surface area contributed by atoms with Gasteiger partial charge >= 0.3 is 0 Å². The summed E-state index contributed by atoms with van der Waals surface area (Å²) in [5.41, 5.74) is 0. The molecule has 2 atom stereocenters. The number of aromatic nitrogens is 2. The maximum atomic E-state index is 12.4. The zero-order valence-corrected chi connectivity index (χ0v) is 11.0. The van der Waals surface area contributed by atoms with Crippen LogP contribution in [-0.4, -0.2) is 50.4 Å². The zero-order valence-electron chi connectivity index (χ0n) is 11.0. The summed E-state index contributed by atoms with van der Waals surface area (Å²) in [5.74, 6) is 0.909. The summed E-state index contributed by atoms with van der Waals surface area (Å²) >= 11 is 0. The lowest BCUT2D eigenvalue weighted by atomic mass is 10.1. The molecule has 1 aromatic heterocycles. The molecule has 0 bridgehead atoms. The summed E-state index contributed by atoms with van der Waals surface area (Å²) in [6, 6.07) is -0.752. The van der Waals surface area contributed by atoms with E-state index in [-0.39, 0.29) is 24.4 Å². The van der Waals surface area contributed by atoms with E-state index in [1.165, 1.54) is 0 Å². The van der Waals surface area contributed by atoms with E-state index in [9.17, 15) is 9.59 Å². The molecule has 3 rings (SSSR count). The molecule has 2 amide bonds. The standard InChI is InChI=1S/C12H16N4O3/c1-7-11(17)15-5-3-4-9(15)12(18)16(7)6-10-13-8(2)19-14-10/h7,9H,3-6H2,1-2H3. The Labute approximate surface area is 110 Å². The van der Waals surface area contributed by atoms with Gasteiger partial charge in [0.15, 0.2) is 5.82 Å². The van der Waals surface area contributed by atoms with Crippen LogP contribution in [0.4, 0.5) is 0 Å². The average Bonchev–Trinajstić information content (AvgIpc) is 3.01. The van der Waals surface area contributed by atoms with Gasteiger partial charge in [0, 0.05) is 13.5 Å². The van der Waals surface area contributed by atoms with Crippen LogP contribution in [0.5, 0.6) is 0 Å². The number of piperazine rings is 1. The molecule has 2 fully saturated rings. The van der Waals surface area contributed by atoms with Crippen LogP contribution in [0.2, 0.25) is 0 Å². The lowest BCUT2D eigenvalue weighted by molar-refractivity contribution is -0.159. The fraction of sp³-hybridized carbons (Fsp3) is 0.667. The Balaban J connectivity index is 1.83. The first-order valence-electron chi connectivity index (χ1n) is 6.48. The molecule has 0 saturated carbocycles. The summed E-state index contributed by atoms with van der Waals surface area (Å²) in [7, 11) is 0. The van der Waals surface area contributed by atoms with E-state index in [1.807, 2.05) is 0 Å². The van der Waals surface area contributed by atoms with Crippen LogP contribution in [0.1, 0.15) is 31.5 Å². The maximum Gasteiger partial charge on any atom is 0.246 e. The van der Waals surface area contributed by atoms with Crippen molar-refractivity contribution >= 4 is 11.8 Å². The second-order valence-electron chi connectivity index (χ2n) is 5.06. The minimum Gasteiger partial charge on any atom is -0.340 e. The molecule has 7 heteroatoms. The third kappa shape index (κ3) is 1.89. The van der Waals surface area contributed by atoms with Gasteiger partial charge in [0.2, 0.25) is 17.7 Å². The topological polar surface area (TPSA) is 79.5 Å². The second-order valence-corrected chi connectivity index (χ2v) is 5.06. The Morgan fingerprint density at radius 2 is 2.16 bits per heavy atom. The highest BCUT2D eigenvalue weighted by Gasteiger charge is 2.46. The highest BCUT2D eigenvalue weighted by Crippen LogP contribution is 2.27. The van der Waals surface area contributed by atoms with Crippen molar-refractivity contribution in [1.82, 2.24) is 19.9 Å². The lowest BCUT2D eigenvalue weighted by Crippen LogP contribution is -2.61. The number of rotatable bonds is 2. The third-order valence-electron chi connectivity index (χ3n) is 3.81. The molecule has 2 aliphatic rings. The van der Waals surface area contributed by atoms with Crippen molar-refractivity contribution in [2.75, 3.05) is 6.54 Å². The Kier molecular flexibility index (Phi) is 2.76. The highest BCUT2D eigenvalue weighted by atomic mass is 16.5. The fourth-order valence-electron chi connectivity index (χ4n) is 2.82. The molecule has 2 saturated heterocycles. The van der Waals surface area contributed by atoms with Gasteiger partial charge in [0.05, 0.1) is 6.54 Å². The van der Waals surface area contributed by atoms with Gasteiger partial charge in [-0.15, -0.1) is 0 Å². The second kappa shape index (κ2) is 4.32. The van der Waals surface area contributed by atoms with Crippen LogP contribution in [0.3, 0.4) is 0 Å². The predicted molar refractivity (Wildman–Crippen MR) is 63.8 cm³/mol. The van der Waals surface area contributed by atoms with Crippen LogP contribution < -0.4 is 0 Å². The lowest BCUT2D eigenvalue weighted by Gasteiger charge is -2.40. The Morgan fingerprint density at radius 3 is 2.84 bits per heavy atom. The molecule has 0 spiro atoms. The van der Waals surface area contributed by atoms with E-state index in [0.717, 1.165) is 12.8 Å². The molecule has 0 radical (unpaired) electrons.